The standard InChI is InChI=1S/C17H17N7/c18-7-12-3-5-24-16(6-12)14(9-21-24)15-10-20-11-17(23-15)22-13-2-1-4-19-8-13/h3,5-6,9-11,13,19H,1-2,4,8H2,(H,22,23)/t13-/m1/s1. The fourth-order valence-corrected chi connectivity index (χ4v) is 3.00. The van der Waals surface area contributed by atoms with Gasteiger partial charge in [-0.25, -0.2) is 9.50 Å². The lowest BCUT2D eigenvalue weighted by Crippen LogP contribution is -2.38. The number of nitriles is 1. The van der Waals surface area contributed by atoms with Crippen LogP contribution >= 0.6 is 0 Å². The molecule has 4 rings (SSSR count). The van der Waals surface area contributed by atoms with Gasteiger partial charge >= 0.3 is 0 Å². The Labute approximate surface area is 139 Å². The molecular weight excluding hydrogens is 302 g/mol. The minimum absolute atomic E-state index is 0.373. The number of fused-ring (bicyclic) bond motifs is 1. The summed E-state index contributed by atoms with van der Waals surface area (Å²) in [6.45, 7) is 2.02. The van der Waals surface area contributed by atoms with E-state index >= 15 is 0 Å². The van der Waals surface area contributed by atoms with Crippen LogP contribution < -0.4 is 10.6 Å². The molecule has 1 aliphatic heterocycles. The Hall–Kier alpha value is -2.98. The lowest BCUT2D eigenvalue weighted by molar-refractivity contribution is 0.479. The van der Waals surface area contributed by atoms with Gasteiger partial charge in [-0.1, -0.05) is 0 Å². The van der Waals surface area contributed by atoms with Crippen LogP contribution in [-0.2, 0) is 0 Å². The minimum atomic E-state index is 0.373. The van der Waals surface area contributed by atoms with Gasteiger partial charge in [0, 0.05) is 24.3 Å². The van der Waals surface area contributed by atoms with Crippen LogP contribution in [0.1, 0.15) is 18.4 Å². The van der Waals surface area contributed by atoms with Crippen LogP contribution in [0.25, 0.3) is 16.8 Å². The van der Waals surface area contributed by atoms with E-state index in [2.05, 4.69) is 31.8 Å². The molecule has 2 N–H and O–H groups in total. The van der Waals surface area contributed by atoms with Gasteiger partial charge in [0.15, 0.2) is 0 Å². The number of pyridine rings is 1. The van der Waals surface area contributed by atoms with Crippen molar-refractivity contribution >= 4 is 11.3 Å². The fraction of sp³-hybridized carbons (Fsp3) is 0.294. The van der Waals surface area contributed by atoms with Crippen LogP contribution in [0.2, 0.25) is 0 Å². The maximum Gasteiger partial charge on any atom is 0.145 e. The molecule has 0 spiro atoms. The fourth-order valence-electron chi connectivity index (χ4n) is 3.00. The first-order valence-corrected chi connectivity index (χ1v) is 8.00. The van der Waals surface area contributed by atoms with Crippen molar-refractivity contribution in [1.82, 2.24) is 24.9 Å². The molecule has 0 radical (unpaired) electrons. The van der Waals surface area contributed by atoms with E-state index < -0.39 is 0 Å². The van der Waals surface area contributed by atoms with Crippen molar-refractivity contribution < 1.29 is 0 Å². The first kappa shape index (κ1) is 14.6. The molecule has 4 heterocycles. The van der Waals surface area contributed by atoms with Crippen LogP contribution in [0.5, 0.6) is 0 Å². The zero-order valence-corrected chi connectivity index (χ0v) is 13.1. The third-order valence-electron chi connectivity index (χ3n) is 4.21. The topological polar surface area (TPSA) is 90.9 Å². The molecule has 1 aliphatic rings. The minimum Gasteiger partial charge on any atom is -0.365 e. The largest absolute Gasteiger partial charge is 0.365 e. The van der Waals surface area contributed by atoms with Gasteiger partial charge in [0.25, 0.3) is 0 Å². The summed E-state index contributed by atoms with van der Waals surface area (Å²) in [5, 5.41) is 20.2. The molecule has 7 nitrogen and oxygen atoms in total. The van der Waals surface area contributed by atoms with Crippen molar-refractivity contribution in [2.45, 2.75) is 18.9 Å². The van der Waals surface area contributed by atoms with Gasteiger partial charge in [-0.2, -0.15) is 10.4 Å². The molecule has 0 amide bonds. The predicted octanol–water partition coefficient (Wildman–Crippen LogP) is 1.83. The highest BCUT2D eigenvalue weighted by molar-refractivity contribution is 5.78. The molecule has 24 heavy (non-hydrogen) atoms. The second kappa shape index (κ2) is 6.26. The van der Waals surface area contributed by atoms with E-state index in [1.165, 1.54) is 0 Å². The van der Waals surface area contributed by atoms with E-state index in [4.69, 9.17) is 5.26 Å². The summed E-state index contributed by atoms with van der Waals surface area (Å²) in [5.74, 6) is 0.761. The Morgan fingerprint density at radius 1 is 1.33 bits per heavy atom. The summed E-state index contributed by atoms with van der Waals surface area (Å²) in [7, 11) is 0. The number of rotatable bonds is 3. The average Bonchev–Trinajstić information content (AvgIpc) is 3.06. The molecule has 1 atom stereocenters. The maximum absolute atomic E-state index is 9.10. The van der Waals surface area contributed by atoms with Gasteiger partial charge in [-0.05, 0) is 31.5 Å². The first-order chi connectivity index (χ1) is 11.8. The Morgan fingerprint density at radius 2 is 2.29 bits per heavy atom. The van der Waals surface area contributed by atoms with Gasteiger partial charge < -0.3 is 10.6 Å². The highest BCUT2D eigenvalue weighted by atomic mass is 15.2. The van der Waals surface area contributed by atoms with E-state index in [1.807, 2.05) is 6.07 Å². The third-order valence-corrected chi connectivity index (χ3v) is 4.21. The molecule has 0 saturated carbocycles. The number of nitrogens with one attached hydrogen (secondary N) is 2. The molecule has 120 valence electrons. The van der Waals surface area contributed by atoms with Crippen LogP contribution in [0.4, 0.5) is 5.82 Å². The SMILES string of the molecule is N#Cc1ccn2ncc(-c3cncc(N[C@@H]4CCCNC4)n3)c2c1. The maximum atomic E-state index is 9.10. The summed E-state index contributed by atoms with van der Waals surface area (Å²) < 4.78 is 1.74. The number of aromatic nitrogens is 4. The third kappa shape index (κ3) is 2.79. The summed E-state index contributed by atoms with van der Waals surface area (Å²) in [6.07, 6.45) is 9.29. The lowest BCUT2D eigenvalue weighted by atomic mass is 10.1. The Balaban J connectivity index is 1.67. The van der Waals surface area contributed by atoms with Crippen molar-refractivity contribution in [3.63, 3.8) is 0 Å². The molecular formula is C17H17N7. The lowest BCUT2D eigenvalue weighted by Gasteiger charge is -2.24. The molecule has 0 unspecified atom stereocenters. The van der Waals surface area contributed by atoms with E-state index in [1.54, 1.807) is 35.4 Å². The number of hydrogen-bond acceptors (Lipinski definition) is 6. The molecule has 0 aromatic carbocycles. The van der Waals surface area contributed by atoms with Gasteiger partial charge in [-0.3, -0.25) is 4.98 Å². The van der Waals surface area contributed by atoms with Crippen molar-refractivity contribution in [1.29, 1.82) is 5.26 Å². The quantitative estimate of drug-likeness (QED) is 0.765. The summed E-state index contributed by atoms with van der Waals surface area (Å²) in [5.41, 5.74) is 3.05. The van der Waals surface area contributed by atoms with Crippen LogP contribution in [0, 0.1) is 11.3 Å². The Kier molecular flexibility index (Phi) is 3.81. The predicted molar refractivity (Wildman–Crippen MR) is 90.4 cm³/mol. The smallest absolute Gasteiger partial charge is 0.145 e. The number of anilines is 1. The second-order valence-electron chi connectivity index (χ2n) is 5.89. The normalized spacial score (nSPS) is 17.5. The van der Waals surface area contributed by atoms with E-state index in [0.717, 1.165) is 48.5 Å². The molecule has 3 aromatic rings. The van der Waals surface area contributed by atoms with Gasteiger partial charge in [0.05, 0.1) is 41.4 Å². The van der Waals surface area contributed by atoms with Crippen LogP contribution in [0.15, 0.2) is 36.9 Å². The van der Waals surface area contributed by atoms with Crippen molar-refractivity contribution in [3.8, 4) is 17.3 Å². The average molecular weight is 319 g/mol. The zero-order chi connectivity index (χ0) is 16.4. The molecule has 3 aromatic heterocycles. The summed E-state index contributed by atoms with van der Waals surface area (Å²) >= 11 is 0. The van der Waals surface area contributed by atoms with E-state index in [0.29, 0.717) is 11.6 Å². The van der Waals surface area contributed by atoms with E-state index in [-0.39, 0.29) is 0 Å². The Morgan fingerprint density at radius 3 is 3.12 bits per heavy atom. The number of piperidine rings is 1. The van der Waals surface area contributed by atoms with Gasteiger partial charge in [0.2, 0.25) is 0 Å². The summed E-state index contributed by atoms with van der Waals surface area (Å²) in [6, 6.07) is 6.08. The molecule has 1 fully saturated rings. The van der Waals surface area contributed by atoms with E-state index in [9.17, 15) is 0 Å². The van der Waals surface area contributed by atoms with Gasteiger partial charge in [-0.15, -0.1) is 0 Å². The zero-order valence-electron chi connectivity index (χ0n) is 13.1. The van der Waals surface area contributed by atoms with Crippen molar-refractivity contribution in [3.05, 3.63) is 42.5 Å². The molecule has 0 aliphatic carbocycles. The second-order valence-corrected chi connectivity index (χ2v) is 5.89. The monoisotopic (exact) mass is 319 g/mol. The van der Waals surface area contributed by atoms with Crippen LogP contribution in [-0.4, -0.2) is 38.7 Å². The van der Waals surface area contributed by atoms with Gasteiger partial charge in [0.1, 0.15) is 5.82 Å². The summed E-state index contributed by atoms with van der Waals surface area (Å²) in [4.78, 5) is 8.99. The molecule has 1 saturated heterocycles. The number of hydrogen-bond donors (Lipinski definition) is 2. The molecule has 7 heteroatoms. The van der Waals surface area contributed by atoms with Crippen molar-refractivity contribution in [2.75, 3.05) is 18.4 Å². The highest BCUT2D eigenvalue weighted by Crippen LogP contribution is 2.24. The number of nitrogens with zero attached hydrogens (tertiary/aromatic N) is 5. The highest BCUT2D eigenvalue weighted by Gasteiger charge is 2.14. The van der Waals surface area contributed by atoms with Crippen LogP contribution in [0.3, 0.4) is 0 Å². The molecule has 0 bridgehead atoms. The Bertz CT molecular complexity index is 903. The van der Waals surface area contributed by atoms with Crippen molar-refractivity contribution in [2.24, 2.45) is 0 Å². The first-order valence-electron chi connectivity index (χ1n) is 8.00.